The third-order valence-electron chi connectivity index (χ3n) is 8.72. The van der Waals surface area contributed by atoms with E-state index in [1.807, 2.05) is 12.1 Å². The number of hydrogen-bond acceptors (Lipinski definition) is 6. The lowest BCUT2D eigenvalue weighted by Gasteiger charge is -2.40. The summed E-state index contributed by atoms with van der Waals surface area (Å²) in [4.78, 5) is 43.4. The second-order valence-corrected chi connectivity index (χ2v) is 11.3. The predicted molar refractivity (Wildman–Crippen MR) is 154 cm³/mol. The van der Waals surface area contributed by atoms with Gasteiger partial charge in [0.2, 0.25) is 5.91 Å². The SMILES string of the molecule is CNC(=O)C(CCC=O)N1Cc2c(OCc3ccc(CN4CCC(N5CCCCC5)CC4)cc3)cccc2C1=O. The molecule has 5 rings (SSSR count). The summed E-state index contributed by atoms with van der Waals surface area (Å²) in [6.07, 6.45) is 7.95. The van der Waals surface area contributed by atoms with Crippen molar-refractivity contribution in [3.8, 4) is 5.75 Å². The lowest BCUT2D eigenvalue weighted by atomic mass is 9.99. The molecule has 0 bridgehead atoms. The average molecular weight is 547 g/mol. The van der Waals surface area contributed by atoms with Crippen LogP contribution in [0.25, 0.3) is 0 Å². The normalized spacial score (nSPS) is 19.3. The van der Waals surface area contributed by atoms with E-state index in [0.717, 1.165) is 43.1 Å². The molecule has 2 saturated heterocycles. The van der Waals surface area contributed by atoms with Crippen molar-refractivity contribution in [2.75, 3.05) is 33.2 Å². The van der Waals surface area contributed by atoms with Crippen LogP contribution in [0.4, 0.5) is 0 Å². The molecule has 1 unspecified atom stereocenters. The van der Waals surface area contributed by atoms with Crippen molar-refractivity contribution >= 4 is 18.1 Å². The van der Waals surface area contributed by atoms with E-state index in [1.165, 1.54) is 50.8 Å². The minimum atomic E-state index is -0.689. The highest BCUT2D eigenvalue weighted by Crippen LogP contribution is 2.33. The molecule has 3 aliphatic rings. The van der Waals surface area contributed by atoms with Crippen LogP contribution in [-0.2, 0) is 29.3 Å². The van der Waals surface area contributed by atoms with Gasteiger partial charge in [-0.25, -0.2) is 0 Å². The first kappa shape index (κ1) is 28.3. The Balaban J connectivity index is 1.14. The summed E-state index contributed by atoms with van der Waals surface area (Å²) < 4.78 is 6.19. The molecule has 2 amide bonds. The number of rotatable bonds is 11. The van der Waals surface area contributed by atoms with E-state index in [0.29, 0.717) is 24.3 Å². The second kappa shape index (κ2) is 13.4. The van der Waals surface area contributed by atoms with Gasteiger partial charge < -0.3 is 24.6 Å². The highest BCUT2D eigenvalue weighted by atomic mass is 16.5. The van der Waals surface area contributed by atoms with E-state index in [-0.39, 0.29) is 24.8 Å². The van der Waals surface area contributed by atoms with Crippen LogP contribution in [0, 0.1) is 0 Å². The molecule has 40 heavy (non-hydrogen) atoms. The third kappa shape index (κ3) is 6.56. The summed E-state index contributed by atoms with van der Waals surface area (Å²) in [5, 5.41) is 2.62. The fourth-order valence-electron chi connectivity index (χ4n) is 6.42. The van der Waals surface area contributed by atoms with Crippen molar-refractivity contribution in [3.05, 3.63) is 64.7 Å². The summed E-state index contributed by atoms with van der Waals surface area (Å²) in [6, 6.07) is 14.2. The molecule has 8 heteroatoms. The van der Waals surface area contributed by atoms with Crippen molar-refractivity contribution in [1.29, 1.82) is 0 Å². The fraction of sp³-hybridized carbons (Fsp3) is 0.531. The molecule has 1 N–H and O–H groups in total. The second-order valence-electron chi connectivity index (χ2n) is 11.3. The van der Waals surface area contributed by atoms with Gasteiger partial charge in [0.1, 0.15) is 24.7 Å². The first-order valence-electron chi connectivity index (χ1n) is 14.8. The predicted octanol–water partition coefficient (Wildman–Crippen LogP) is 3.77. The monoisotopic (exact) mass is 546 g/mol. The number of nitrogens with zero attached hydrogens (tertiary/aromatic N) is 3. The van der Waals surface area contributed by atoms with Crippen LogP contribution in [-0.4, -0.2) is 78.1 Å². The molecule has 214 valence electrons. The van der Waals surface area contributed by atoms with Gasteiger partial charge in [-0.3, -0.25) is 14.5 Å². The number of hydrogen-bond donors (Lipinski definition) is 1. The minimum absolute atomic E-state index is 0.204. The molecule has 1 atom stereocenters. The Morgan fingerprint density at radius 3 is 2.45 bits per heavy atom. The van der Waals surface area contributed by atoms with Gasteiger partial charge >= 0.3 is 0 Å². The molecule has 8 nitrogen and oxygen atoms in total. The lowest BCUT2D eigenvalue weighted by molar-refractivity contribution is -0.125. The Morgan fingerprint density at radius 2 is 1.75 bits per heavy atom. The molecule has 2 fully saturated rings. The molecule has 2 aromatic carbocycles. The van der Waals surface area contributed by atoms with Gasteiger partial charge in [0.25, 0.3) is 5.91 Å². The number of aldehydes is 1. The number of fused-ring (bicyclic) bond motifs is 1. The number of piperidine rings is 2. The van der Waals surface area contributed by atoms with Gasteiger partial charge in [0, 0.05) is 37.2 Å². The summed E-state index contributed by atoms with van der Waals surface area (Å²) >= 11 is 0. The van der Waals surface area contributed by atoms with Gasteiger partial charge in [-0.2, -0.15) is 0 Å². The van der Waals surface area contributed by atoms with Crippen LogP contribution >= 0.6 is 0 Å². The van der Waals surface area contributed by atoms with E-state index in [1.54, 1.807) is 18.0 Å². The number of likely N-dealkylation sites (tertiary alicyclic amines) is 2. The lowest BCUT2D eigenvalue weighted by Crippen LogP contribution is -2.46. The highest BCUT2D eigenvalue weighted by Gasteiger charge is 2.37. The maximum Gasteiger partial charge on any atom is 0.255 e. The van der Waals surface area contributed by atoms with E-state index >= 15 is 0 Å². The van der Waals surface area contributed by atoms with Gasteiger partial charge in [0.05, 0.1) is 6.54 Å². The zero-order valence-electron chi connectivity index (χ0n) is 23.6. The zero-order chi connectivity index (χ0) is 27.9. The Morgan fingerprint density at radius 1 is 1.02 bits per heavy atom. The molecule has 0 aliphatic carbocycles. The number of carbonyl (C=O) groups excluding carboxylic acids is 3. The standard InChI is InChI=1S/C32H42N4O4/c1-33-31(38)29(8-6-20-37)36-22-28-27(32(36)39)7-5-9-30(28)40-23-25-12-10-24(11-13-25)21-34-18-14-26(15-19-34)35-16-3-2-4-17-35/h5,7,9-13,20,26,29H,2-4,6,8,14-19,21-23H2,1H3,(H,33,38). The fourth-order valence-corrected chi connectivity index (χ4v) is 6.42. The number of likely N-dealkylation sites (N-methyl/N-ethyl adjacent to an activating group) is 1. The summed E-state index contributed by atoms with van der Waals surface area (Å²) in [7, 11) is 1.54. The Bertz CT molecular complexity index is 1170. The summed E-state index contributed by atoms with van der Waals surface area (Å²) in [5.74, 6) is 0.182. The Kier molecular flexibility index (Phi) is 9.49. The van der Waals surface area contributed by atoms with Crippen molar-refractivity contribution in [2.45, 2.75) is 76.7 Å². The van der Waals surface area contributed by atoms with Crippen LogP contribution in [0.15, 0.2) is 42.5 Å². The zero-order valence-corrected chi connectivity index (χ0v) is 23.6. The van der Waals surface area contributed by atoms with E-state index in [2.05, 4.69) is 39.4 Å². The maximum atomic E-state index is 13.1. The van der Waals surface area contributed by atoms with E-state index in [9.17, 15) is 14.4 Å². The quantitative estimate of drug-likeness (QED) is 0.432. The molecule has 3 heterocycles. The molecule has 0 spiro atoms. The van der Waals surface area contributed by atoms with Crippen molar-refractivity contribution in [2.24, 2.45) is 0 Å². The average Bonchev–Trinajstić information content (AvgIpc) is 3.34. The van der Waals surface area contributed by atoms with E-state index < -0.39 is 6.04 Å². The number of nitrogens with one attached hydrogen (secondary N) is 1. The third-order valence-corrected chi connectivity index (χ3v) is 8.72. The molecular formula is C32H42N4O4. The first-order valence-corrected chi connectivity index (χ1v) is 14.8. The first-order chi connectivity index (χ1) is 19.6. The van der Waals surface area contributed by atoms with Crippen molar-refractivity contribution < 1.29 is 19.1 Å². The molecular weight excluding hydrogens is 504 g/mol. The summed E-state index contributed by atoms with van der Waals surface area (Å²) in [5.41, 5.74) is 3.73. The smallest absolute Gasteiger partial charge is 0.255 e. The van der Waals surface area contributed by atoms with Gasteiger partial charge in [-0.1, -0.05) is 36.8 Å². The van der Waals surface area contributed by atoms with Crippen molar-refractivity contribution in [1.82, 2.24) is 20.0 Å². The number of carbonyl (C=O) groups is 3. The highest BCUT2D eigenvalue weighted by molar-refractivity contribution is 6.01. The molecule has 0 aromatic heterocycles. The van der Waals surface area contributed by atoms with Crippen LogP contribution in [0.1, 0.15) is 72.0 Å². The van der Waals surface area contributed by atoms with Gasteiger partial charge in [-0.05, 0) is 81.5 Å². The van der Waals surface area contributed by atoms with Gasteiger partial charge in [-0.15, -0.1) is 0 Å². The van der Waals surface area contributed by atoms with E-state index in [4.69, 9.17) is 4.74 Å². The van der Waals surface area contributed by atoms with Crippen molar-refractivity contribution in [3.63, 3.8) is 0 Å². The van der Waals surface area contributed by atoms with Crippen LogP contribution in [0.3, 0.4) is 0 Å². The largest absolute Gasteiger partial charge is 0.489 e. The number of ether oxygens (including phenoxy) is 1. The minimum Gasteiger partial charge on any atom is -0.489 e. The molecule has 0 saturated carbocycles. The molecule has 3 aliphatic heterocycles. The Hall–Kier alpha value is -3.23. The number of amides is 2. The van der Waals surface area contributed by atoms with Crippen LogP contribution < -0.4 is 10.1 Å². The van der Waals surface area contributed by atoms with Crippen LogP contribution in [0.2, 0.25) is 0 Å². The van der Waals surface area contributed by atoms with Crippen LogP contribution in [0.5, 0.6) is 5.75 Å². The van der Waals surface area contributed by atoms with Gasteiger partial charge in [0.15, 0.2) is 0 Å². The number of benzene rings is 2. The topological polar surface area (TPSA) is 82.2 Å². The summed E-state index contributed by atoms with van der Waals surface area (Å²) in [6.45, 7) is 6.56. The molecule has 2 aromatic rings. The Labute approximate surface area is 237 Å². The molecule has 0 radical (unpaired) electrons. The maximum absolute atomic E-state index is 13.1.